The molecular weight excluding hydrogens is 354 g/mol. The van der Waals surface area contributed by atoms with Crippen molar-refractivity contribution >= 4 is 9.84 Å². The van der Waals surface area contributed by atoms with E-state index in [1.807, 2.05) is 37.4 Å². The maximum Gasteiger partial charge on any atom is 0.204 e. The van der Waals surface area contributed by atoms with Gasteiger partial charge >= 0.3 is 0 Å². The molecule has 2 aromatic carbocycles. The van der Waals surface area contributed by atoms with E-state index >= 15 is 0 Å². The molecule has 0 atom stereocenters. The van der Waals surface area contributed by atoms with Crippen LogP contribution in [0, 0.1) is 0 Å². The molecule has 0 radical (unpaired) electrons. The zero-order valence-corrected chi connectivity index (χ0v) is 16.7. The highest BCUT2D eigenvalue weighted by molar-refractivity contribution is 7.95. The van der Waals surface area contributed by atoms with Crippen molar-refractivity contribution in [2.75, 3.05) is 6.54 Å². The molecule has 3 nitrogen and oxygen atoms in total. The molecule has 3 rings (SSSR count). The number of sulfone groups is 1. The number of allylic oxidation sites excluding steroid dienone is 3. The van der Waals surface area contributed by atoms with Gasteiger partial charge in [0.1, 0.15) is 0 Å². The summed E-state index contributed by atoms with van der Waals surface area (Å²) in [5.41, 5.74) is 2.30. The number of rotatable bonds is 4. The third-order valence-corrected chi connectivity index (χ3v) is 6.63. The van der Waals surface area contributed by atoms with Gasteiger partial charge in [-0.15, -0.1) is 0 Å². The highest BCUT2D eigenvalue weighted by atomic mass is 32.2. The number of nitrogens with zero attached hydrogens (tertiary/aromatic N) is 1. The number of hydrogen-bond donors (Lipinski definition) is 0. The van der Waals surface area contributed by atoms with Crippen LogP contribution in [0.3, 0.4) is 0 Å². The molecule has 0 amide bonds. The van der Waals surface area contributed by atoms with Crippen molar-refractivity contribution in [3.8, 4) is 0 Å². The van der Waals surface area contributed by atoms with E-state index in [0.29, 0.717) is 16.2 Å². The van der Waals surface area contributed by atoms with E-state index in [2.05, 4.69) is 23.1 Å². The first-order valence-electron chi connectivity index (χ1n) is 9.50. The lowest BCUT2D eigenvalue weighted by molar-refractivity contribution is 0.356. The first-order valence-corrected chi connectivity index (χ1v) is 11.0. The fraction of sp³-hybridized carbons (Fsp3) is 0.304. The molecular formula is C23H27NO2S. The smallest absolute Gasteiger partial charge is 0.204 e. The standard InChI is InChI=1S/C23H27NO2S/c1-20-11-5-4-10-16-24(18-21-12-6-2-7-13-21)19-23(17-20)27(25,26)22-14-8-3-9-15-22/h2-3,6-9,11-15,19H,4-5,10,16-18H2,1H3/b20-11+,23-19-. The minimum absolute atomic E-state index is 0.362. The molecule has 1 aliphatic heterocycles. The van der Waals surface area contributed by atoms with Gasteiger partial charge in [0.25, 0.3) is 0 Å². The van der Waals surface area contributed by atoms with E-state index in [-0.39, 0.29) is 0 Å². The zero-order chi connectivity index (χ0) is 19.1. The predicted octanol–water partition coefficient (Wildman–Crippen LogP) is 5.32. The second kappa shape index (κ2) is 9.05. The molecule has 0 fully saturated rings. The Morgan fingerprint density at radius 2 is 1.59 bits per heavy atom. The van der Waals surface area contributed by atoms with E-state index in [1.54, 1.807) is 24.3 Å². The summed E-state index contributed by atoms with van der Waals surface area (Å²) >= 11 is 0. The number of benzene rings is 2. The summed E-state index contributed by atoms with van der Waals surface area (Å²) in [6.45, 7) is 3.60. The Labute approximate surface area is 163 Å². The lowest BCUT2D eigenvalue weighted by Gasteiger charge is -2.24. The van der Waals surface area contributed by atoms with Crippen molar-refractivity contribution < 1.29 is 8.42 Å². The topological polar surface area (TPSA) is 37.4 Å². The van der Waals surface area contributed by atoms with Crippen LogP contribution in [0.15, 0.2) is 88.3 Å². The average molecular weight is 382 g/mol. The summed E-state index contributed by atoms with van der Waals surface area (Å²) < 4.78 is 26.5. The molecule has 1 heterocycles. The predicted molar refractivity (Wildman–Crippen MR) is 111 cm³/mol. The Hall–Kier alpha value is -2.33. The Balaban J connectivity index is 1.98. The molecule has 0 aliphatic carbocycles. The summed E-state index contributed by atoms with van der Waals surface area (Å²) in [4.78, 5) is 2.99. The van der Waals surface area contributed by atoms with Crippen LogP contribution in [0.2, 0.25) is 0 Å². The average Bonchev–Trinajstić information content (AvgIpc) is 2.68. The fourth-order valence-corrected chi connectivity index (χ4v) is 4.85. The first kappa shape index (κ1) is 19.4. The van der Waals surface area contributed by atoms with Crippen molar-refractivity contribution in [2.45, 2.75) is 44.0 Å². The lowest BCUT2D eigenvalue weighted by atomic mass is 10.1. The van der Waals surface area contributed by atoms with Gasteiger partial charge in [0.05, 0.1) is 9.80 Å². The van der Waals surface area contributed by atoms with E-state index in [0.717, 1.165) is 37.9 Å². The molecule has 0 aromatic heterocycles. The second-order valence-electron chi connectivity index (χ2n) is 7.09. The van der Waals surface area contributed by atoms with Crippen LogP contribution >= 0.6 is 0 Å². The zero-order valence-electron chi connectivity index (χ0n) is 15.8. The Bertz CT molecular complexity index is 900. The maximum atomic E-state index is 13.3. The molecule has 27 heavy (non-hydrogen) atoms. The van der Waals surface area contributed by atoms with E-state index in [4.69, 9.17) is 0 Å². The van der Waals surface area contributed by atoms with Crippen LogP contribution in [-0.4, -0.2) is 19.9 Å². The third kappa shape index (κ3) is 5.33. The SMILES string of the molecule is C/C1=C\CCCCN(Cc2ccccc2)/C=C(\S(=O)(=O)c2ccccc2)C1. The molecule has 0 spiro atoms. The molecule has 1 aliphatic rings. The van der Waals surface area contributed by atoms with Gasteiger partial charge in [0, 0.05) is 25.7 Å². The monoisotopic (exact) mass is 381 g/mol. The van der Waals surface area contributed by atoms with E-state index in [1.165, 1.54) is 5.56 Å². The highest BCUT2D eigenvalue weighted by Gasteiger charge is 2.22. The van der Waals surface area contributed by atoms with Crippen LogP contribution in [-0.2, 0) is 16.4 Å². The summed E-state index contributed by atoms with van der Waals surface area (Å²) in [6.07, 6.45) is 7.69. The molecule has 0 N–H and O–H groups in total. The van der Waals surface area contributed by atoms with Crippen LogP contribution < -0.4 is 0 Å². The molecule has 2 aromatic rings. The van der Waals surface area contributed by atoms with Crippen molar-refractivity contribution in [1.82, 2.24) is 4.90 Å². The van der Waals surface area contributed by atoms with Crippen LogP contribution in [0.4, 0.5) is 0 Å². The van der Waals surface area contributed by atoms with Crippen molar-refractivity contribution in [3.63, 3.8) is 0 Å². The second-order valence-corrected chi connectivity index (χ2v) is 9.09. The molecule has 4 heteroatoms. The molecule has 0 bridgehead atoms. The van der Waals surface area contributed by atoms with Gasteiger partial charge in [-0.2, -0.15) is 0 Å². The Morgan fingerprint density at radius 3 is 2.30 bits per heavy atom. The van der Waals surface area contributed by atoms with Gasteiger partial charge < -0.3 is 4.90 Å². The van der Waals surface area contributed by atoms with Gasteiger partial charge in [-0.05, 0) is 43.9 Å². The Kier molecular flexibility index (Phi) is 6.51. The van der Waals surface area contributed by atoms with Crippen LogP contribution in [0.25, 0.3) is 0 Å². The quantitative estimate of drug-likeness (QED) is 0.672. The van der Waals surface area contributed by atoms with Gasteiger partial charge in [0.2, 0.25) is 9.84 Å². The minimum atomic E-state index is -3.51. The summed E-state index contributed by atoms with van der Waals surface area (Å²) in [5.74, 6) is 0. The molecule has 0 saturated carbocycles. The van der Waals surface area contributed by atoms with E-state index < -0.39 is 9.84 Å². The van der Waals surface area contributed by atoms with E-state index in [9.17, 15) is 8.42 Å². The summed E-state index contributed by atoms with van der Waals surface area (Å²) in [6, 6.07) is 19.0. The fourth-order valence-electron chi connectivity index (χ4n) is 3.33. The van der Waals surface area contributed by atoms with Crippen molar-refractivity contribution in [2.24, 2.45) is 0 Å². The summed E-state index contributed by atoms with van der Waals surface area (Å²) in [7, 11) is -3.51. The maximum absolute atomic E-state index is 13.3. The van der Waals surface area contributed by atoms with Gasteiger partial charge in [-0.1, -0.05) is 60.2 Å². The lowest BCUT2D eigenvalue weighted by Crippen LogP contribution is -2.21. The van der Waals surface area contributed by atoms with Gasteiger partial charge in [-0.3, -0.25) is 0 Å². The first-order chi connectivity index (χ1) is 13.1. The Morgan fingerprint density at radius 1 is 0.926 bits per heavy atom. The van der Waals surface area contributed by atoms with Crippen molar-refractivity contribution in [1.29, 1.82) is 0 Å². The van der Waals surface area contributed by atoms with Crippen molar-refractivity contribution in [3.05, 3.63) is 89.0 Å². The van der Waals surface area contributed by atoms with Crippen LogP contribution in [0.5, 0.6) is 0 Å². The third-order valence-electron chi connectivity index (χ3n) is 4.80. The molecule has 0 unspecified atom stereocenters. The van der Waals surface area contributed by atoms with Gasteiger partial charge in [0.15, 0.2) is 0 Å². The van der Waals surface area contributed by atoms with Crippen LogP contribution in [0.1, 0.15) is 38.2 Å². The molecule has 0 saturated heterocycles. The van der Waals surface area contributed by atoms with Gasteiger partial charge in [-0.25, -0.2) is 8.42 Å². The largest absolute Gasteiger partial charge is 0.372 e. The minimum Gasteiger partial charge on any atom is -0.372 e. The number of hydrogen-bond acceptors (Lipinski definition) is 3. The summed E-state index contributed by atoms with van der Waals surface area (Å²) in [5, 5.41) is 0. The normalized spacial score (nSPS) is 20.3. The highest BCUT2D eigenvalue weighted by Crippen LogP contribution is 2.27. The molecule has 142 valence electrons.